The van der Waals surface area contributed by atoms with Crippen molar-refractivity contribution in [3.05, 3.63) is 46.6 Å². The van der Waals surface area contributed by atoms with Crippen LogP contribution in [0.5, 0.6) is 0 Å². The summed E-state index contributed by atoms with van der Waals surface area (Å²) < 4.78 is 52.5. The lowest BCUT2D eigenvalue weighted by Gasteiger charge is -2.60. The average Bonchev–Trinajstić information content (AvgIpc) is 3.47. The van der Waals surface area contributed by atoms with Crippen LogP contribution < -0.4 is 0 Å². The number of hydrogen-bond acceptors (Lipinski definition) is 11. The molecule has 16 heteroatoms. The number of carbonyl (C=O) groups is 2. The number of ketones is 1. The third-order valence-corrected chi connectivity index (χ3v) is 17.4. The Morgan fingerprint density at radius 1 is 0.803 bits per heavy atom. The fourth-order valence-corrected chi connectivity index (χ4v) is 13.3. The van der Waals surface area contributed by atoms with Crippen LogP contribution in [0.1, 0.15) is 145 Å². The molecule has 5 N–H and O–H groups in total. The molecule has 5 rings (SSSR count). The number of carbonyl (C=O) groups excluding carboxylic acids is 1. The predicted molar refractivity (Wildman–Crippen MR) is 230 cm³/mol. The molecule has 0 radical (unpaired) electrons. The standard InChI is InChI=1S/C45H72O14P2/c1-28(2)11-8-12-29(3)13-9-14-30(4)15-10-16-31(5)23-26-55-60(51,52)59-61(53,54)58-41-39(48)38(47)40(42(49)50)57-43(41)56-33-21-24-44(6)32(27-33)17-18-34-35-19-20-37(46)45(35,7)25-22-36(34)44/h11,13,15,23,32-36,38-41,43,47-48H,8-10,12,14,16-22,24-27H2,1-7H3,(H,49,50)(H,51,52)(H,53,54)/b29-13+,30-15+,31-23+/t32-,33-,34+,35+,36-,38+,39+,40+,41-,43?,44+,45+/m1/s1. The van der Waals surface area contributed by atoms with Crippen LogP contribution in [-0.4, -0.2) is 80.3 Å². The van der Waals surface area contributed by atoms with Crippen LogP contribution in [-0.2, 0) is 41.6 Å². The molecular weight excluding hydrogens is 826 g/mol. The Bertz CT molecular complexity index is 1790. The Morgan fingerprint density at radius 2 is 1.43 bits per heavy atom. The van der Waals surface area contributed by atoms with Crippen LogP contribution >= 0.6 is 15.6 Å². The van der Waals surface area contributed by atoms with Gasteiger partial charge in [0.2, 0.25) is 0 Å². The number of rotatable bonds is 19. The Balaban J connectivity index is 1.13. The van der Waals surface area contributed by atoms with E-state index in [9.17, 15) is 43.8 Å². The van der Waals surface area contributed by atoms with Crippen LogP contribution in [0, 0.1) is 34.5 Å². The number of carboxylic acids is 1. The summed E-state index contributed by atoms with van der Waals surface area (Å²) in [7, 11) is -10.8. The van der Waals surface area contributed by atoms with Gasteiger partial charge in [0.25, 0.3) is 0 Å². The van der Waals surface area contributed by atoms with Gasteiger partial charge >= 0.3 is 21.6 Å². The smallest absolute Gasteiger partial charge is 0.479 e. The minimum absolute atomic E-state index is 0.00117. The quantitative estimate of drug-likeness (QED) is 0.0464. The van der Waals surface area contributed by atoms with E-state index in [1.807, 2.05) is 6.92 Å². The maximum atomic E-state index is 13.2. The summed E-state index contributed by atoms with van der Waals surface area (Å²) >= 11 is 0. The van der Waals surface area contributed by atoms with Gasteiger partial charge in [-0.1, -0.05) is 60.4 Å². The molecular formula is C45H72O14P2. The van der Waals surface area contributed by atoms with Crippen LogP contribution in [0.15, 0.2) is 46.6 Å². The van der Waals surface area contributed by atoms with E-state index in [2.05, 4.69) is 64.1 Å². The Kier molecular flexibility index (Phi) is 17.3. The monoisotopic (exact) mass is 898 g/mol. The van der Waals surface area contributed by atoms with Gasteiger partial charge in [-0.2, -0.15) is 4.31 Å². The molecule has 0 aromatic carbocycles. The number of phosphoric acid groups is 2. The number of phosphoric ester groups is 2. The van der Waals surface area contributed by atoms with E-state index < -0.39 is 65.0 Å². The lowest BCUT2D eigenvalue weighted by molar-refractivity contribution is -0.306. The van der Waals surface area contributed by atoms with E-state index in [4.69, 9.17) is 18.5 Å². The summed E-state index contributed by atoms with van der Waals surface area (Å²) in [5.74, 6) is 0.379. The highest BCUT2D eigenvalue weighted by molar-refractivity contribution is 7.61. The highest BCUT2D eigenvalue weighted by Crippen LogP contribution is 2.66. The van der Waals surface area contributed by atoms with Gasteiger partial charge in [-0.25, -0.2) is 13.9 Å². The third kappa shape index (κ3) is 12.7. The van der Waals surface area contributed by atoms with Gasteiger partial charge in [-0.3, -0.25) is 13.8 Å². The number of ether oxygens (including phenoxy) is 2. The molecule has 0 amide bonds. The molecule has 0 aromatic heterocycles. The first-order valence-electron chi connectivity index (χ1n) is 22.3. The maximum Gasteiger partial charge on any atom is 0.481 e. The van der Waals surface area contributed by atoms with Crippen LogP contribution in [0.25, 0.3) is 0 Å². The van der Waals surface area contributed by atoms with Crippen molar-refractivity contribution in [2.75, 3.05) is 6.61 Å². The number of allylic oxidation sites excluding steroid dienone is 7. The first-order chi connectivity index (χ1) is 28.5. The van der Waals surface area contributed by atoms with Crippen molar-refractivity contribution in [1.82, 2.24) is 0 Å². The Hall–Kier alpha value is -1.80. The van der Waals surface area contributed by atoms with Gasteiger partial charge in [0.05, 0.1) is 12.7 Å². The SMILES string of the molecule is CC(C)=CCC/C(C)=C/CC/C(C)=C/CC/C(C)=C/COP(=O)(O)OP(=O)(O)O[C@H]1C(O[C@@H]2CC[C@@]3(C)[C@H](CC[C@@H]4[C@H]3CC[C@]3(C)C(=O)CC[C@@H]43)C2)O[C@H](C(=O)O)[C@@H](O)[C@@H]1O. The Labute approximate surface area is 362 Å². The van der Waals surface area contributed by atoms with Crippen molar-refractivity contribution >= 4 is 27.4 Å². The molecule has 5 fully saturated rings. The van der Waals surface area contributed by atoms with Gasteiger partial charge in [-0.05, 0) is 154 Å². The van der Waals surface area contributed by atoms with Crippen molar-refractivity contribution in [2.24, 2.45) is 34.5 Å². The second-order valence-electron chi connectivity index (χ2n) is 19.3. The average molecular weight is 899 g/mol. The van der Waals surface area contributed by atoms with Crippen LogP contribution in [0.4, 0.5) is 0 Å². The second kappa shape index (κ2) is 21.0. The highest BCUT2D eigenvalue weighted by atomic mass is 31.3. The topological polar surface area (TPSA) is 216 Å². The largest absolute Gasteiger partial charge is 0.481 e. The van der Waals surface area contributed by atoms with Crippen LogP contribution in [0.2, 0.25) is 0 Å². The summed E-state index contributed by atoms with van der Waals surface area (Å²) in [6.07, 6.45) is 10.6. The van der Waals surface area contributed by atoms with Crippen LogP contribution in [0.3, 0.4) is 0 Å². The van der Waals surface area contributed by atoms with Gasteiger partial charge in [0.15, 0.2) is 12.4 Å². The van der Waals surface area contributed by atoms with E-state index in [1.165, 1.54) is 16.7 Å². The first kappa shape index (κ1) is 50.2. The zero-order valence-electron chi connectivity index (χ0n) is 37.2. The molecule has 4 saturated carbocycles. The van der Waals surface area contributed by atoms with Gasteiger partial charge < -0.3 is 34.6 Å². The number of aliphatic hydroxyl groups is 2. The lowest BCUT2D eigenvalue weighted by atomic mass is 9.45. The molecule has 346 valence electrons. The minimum Gasteiger partial charge on any atom is -0.479 e. The van der Waals surface area contributed by atoms with Gasteiger partial charge in [-0.15, -0.1) is 0 Å². The summed E-state index contributed by atoms with van der Waals surface area (Å²) in [5, 5.41) is 31.4. The molecule has 61 heavy (non-hydrogen) atoms. The van der Waals surface area contributed by atoms with Crippen molar-refractivity contribution in [3.63, 3.8) is 0 Å². The third-order valence-electron chi connectivity index (χ3n) is 14.7. The fourth-order valence-electron chi connectivity index (χ4n) is 11.2. The normalized spacial score (nSPS) is 37.8. The number of Topliss-reactive ketones (excluding diaryl/α,β-unsaturated/α-hetero) is 1. The molecule has 1 heterocycles. The van der Waals surface area contributed by atoms with Gasteiger partial charge in [0, 0.05) is 11.8 Å². The van der Waals surface area contributed by atoms with E-state index in [0.717, 1.165) is 76.2 Å². The molecule has 0 spiro atoms. The molecule has 3 unspecified atom stereocenters. The maximum absolute atomic E-state index is 13.2. The molecule has 1 saturated heterocycles. The molecule has 4 aliphatic carbocycles. The van der Waals surface area contributed by atoms with Crippen molar-refractivity contribution in [1.29, 1.82) is 0 Å². The van der Waals surface area contributed by atoms with E-state index in [0.29, 0.717) is 49.2 Å². The number of fused-ring (bicyclic) bond motifs is 5. The summed E-state index contributed by atoms with van der Waals surface area (Å²) in [6.45, 7) is 14.3. The fraction of sp³-hybridized carbons (Fsp3) is 0.778. The van der Waals surface area contributed by atoms with E-state index in [1.54, 1.807) is 6.08 Å². The predicted octanol–water partition coefficient (Wildman–Crippen LogP) is 9.28. The number of hydrogen-bond donors (Lipinski definition) is 5. The second-order valence-corrected chi connectivity index (χ2v) is 22.3. The highest BCUT2D eigenvalue weighted by Gasteiger charge is 2.61. The molecule has 5 aliphatic rings. The molecule has 14 nitrogen and oxygen atoms in total. The summed E-state index contributed by atoms with van der Waals surface area (Å²) in [4.78, 5) is 45.9. The zero-order valence-corrected chi connectivity index (χ0v) is 39.0. The van der Waals surface area contributed by atoms with Gasteiger partial charge in [0.1, 0.15) is 24.1 Å². The van der Waals surface area contributed by atoms with Crippen molar-refractivity contribution in [2.45, 2.75) is 182 Å². The number of aliphatic hydroxyl groups excluding tert-OH is 2. The minimum atomic E-state index is -5.54. The van der Waals surface area contributed by atoms with E-state index >= 15 is 0 Å². The first-order valence-corrected chi connectivity index (χ1v) is 25.3. The Morgan fingerprint density at radius 3 is 2.05 bits per heavy atom. The molecule has 0 bridgehead atoms. The van der Waals surface area contributed by atoms with E-state index in [-0.39, 0.29) is 16.7 Å². The number of carboxylic acid groups (broad SMARTS) is 1. The molecule has 0 aromatic rings. The van der Waals surface area contributed by atoms with Crippen molar-refractivity contribution < 1.29 is 66.7 Å². The molecule has 14 atom stereocenters. The van der Waals surface area contributed by atoms with Crippen molar-refractivity contribution in [3.8, 4) is 0 Å². The molecule has 1 aliphatic heterocycles. The summed E-state index contributed by atoms with van der Waals surface area (Å²) in [5.41, 5.74) is 4.59. The zero-order chi connectivity index (χ0) is 44.9. The number of aliphatic carboxylic acids is 1. The lowest BCUT2D eigenvalue weighted by Crippen LogP contribution is -2.61. The summed E-state index contributed by atoms with van der Waals surface area (Å²) in [6, 6.07) is 0.